The highest BCUT2D eigenvalue weighted by Gasteiger charge is 2.34. The van der Waals surface area contributed by atoms with Crippen molar-refractivity contribution in [2.45, 2.75) is 31.7 Å². The van der Waals surface area contributed by atoms with Crippen molar-refractivity contribution in [1.29, 1.82) is 0 Å². The average Bonchev–Trinajstić information content (AvgIpc) is 3.16. The lowest BCUT2D eigenvalue weighted by Crippen LogP contribution is -2.45. The molecule has 2 aromatic rings. The van der Waals surface area contributed by atoms with Crippen LogP contribution in [-0.4, -0.2) is 80.2 Å². The van der Waals surface area contributed by atoms with Gasteiger partial charge in [0.05, 0.1) is 22.6 Å². The molecule has 1 saturated carbocycles. The molecule has 4 rings (SSSR count). The van der Waals surface area contributed by atoms with Gasteiger partial charge in [-0.15, -0.1) is 0 Å². The van der Waals surface area contributed by atoms with E-state index in [1.165, 1.54) is 4.31 Å². The molecular formula is C18H29N5O4S2. The quantitative estimate of drug-likeness (QED) is 0.648. The molecule has 2 aliphatic rings. The largest absolute Gasteiger partial charge is 0.356 e. The standard InChI is InChI=1S/C18H29N5O4S2/c1-22(18-16-6-7-19-17(16)20-13-21-18)15-4-2-14(3-5-15)12-29(26,27)23-8-10-28(24,25)11-9-23/h6-7,13-15,24-25H,2-5,8-12H2,1H3,(H,19,20,21)/t14-,15-. The van der Waals surface area contributed by atoms with Crippen molar-refractivity contribution in [1.82, 2.24) is 19.3 Å². The average molecular weight is 444 g/mol. The second-order valence-corrected chi connectivity index (χ2v) is 12.5. The molecule has 0 atom stereocenters. The zero-order valence-corrected chi connectivity index (χ0v) is 18.2. The fourth-order valence-electron chi connectivity index (χ4n) is 4.40. The summed E-state index contributed by atoms with van der Waals surface area (Å²) in [6, 6.07) is 2.30. The van der Waals surface area contributed by atoms with Gasteiger partial charge in [0.1, 0.15) is 17.8 Å². The minimum Gasteiger partial charge on any atom is -0.356 e. The summed E-state index contributed by atoms with van der Waals surface area (Å²) in [5, 5.41) is 0.996. The molecule has 162 valence electrons. The summed E-state index contributed by atoms with van der Waals surface area (Å²) in [5.74, 6) is 1.49. The molecule has 9 nitrogen and oxygen atoms in total. The van der Waals surface area contributed by atoms with Gasteiger partial charge in [-0.05, 0) is 37.7 Å². The molecule has 1 aliphatic heterocycles. The van der Waals surface area contributed by atoms with Gasteiger partial charge in [-0.25, -0.2) is 18.4 Å². The van der Waals surface area contributed by atoms with Crippen LogP contribution in [0, 0.1) is 5.92 Å². The molecule has 2 aromatic heterocycles. The fourth-order valence-corrected chi connectivity index (χ4v) is 7.74. The minimum atomic E-state index is -3.36. The number of anilines is 1. The second-order valence-electron chi connectivity index (χ2n) is 8.11. The Kier molecular flexibility index (Phi) is 5.77. The number of aromatic nitrogens is 3. The third-order valence-corrected chi connectivity index (χ3v) is 9.92. The molecule has 29 heavy (non-hydrogen) atoms. The number of hydrogen-bond donors (Lipinski definition) is 3. The van der Waals surface area contributed by atoms with E-state index in [0.717, 1.165) is 42.5 Å². The van der Waals surface area contributed by atoms with Crippen LogP contribution < -0.4 is 4.90 Å². The van der Waals surface area contributed by atoms with Crippen LogP contribution in [0.1, 0.15) is 25.7 Å². The van der Waals surface area contributed by atoms with Crippen LogP contribution in [0.5, 0.6) is 0 Å². The topological polar surface area (TPSA) is 123 Å². The third kappa shape index (κ3) is 4.53. The summed E-state index contributed by atoms with van der Waals surface area (Å²) in [6.45, 7) is 0.423. The highest BCUT2D eigenvalue weighted by Crippen LogP contribution is 2.41. The van der Waals surface area contributed by atoms with Gasteiger partial charge >= 0.3 is 0 Å². The predicted molar refractivity (Wildman–Crippen MR) is 116 cm³/mol. The van der Waals surface area contributed by atoms with Crippen LogP contribution in [0.15, 0.2) is 18.6 Å². The number of rotatable bonds is 5. The maximum absolute atomic E-state index is 12.8. The minimum absolute atomic E-state index is 0.143. The monoisotopic (exact) mass is 443 g/mol. The summed E-state index contributed by atoms with van der Waals surface area (Å²) in [5.41, 5.74) is 0.819. The van der Waals surface area contributed by atoms with Crippen molar-refractivity contribution in [2.24, 2.45) is 5.92 Å². The second kappa shape index (κ2) is 8.03. The van der Waals surface area contributed by atoms with Crippen molar-refractivity contribution in [2.75, 3.05) is 42.3 Å². The molecule has 0 spiro atoms. The van der Waals surface area contributed by atoms with E-state index in [4.69, 9.17) is 0 Å². The highest BCUT2D eigenvalue weighted by atomic mass is 32.3. The third-order valence-electron chi connectivity index (χ3n) is 6.21. The number of hydrogen-bond acceptors (Lipinski definition) is 7. The molecule has 3 N–H and O–H groups in total. The van der Waals surface area contributed by atoms with Crippen LogP contribution in [0.4, 0.5) is 5.82 Å². The lowest BCUT2D eigenvalue weighted by atomic mass is 9.86. The maximum Gasteiger partial charge on any atom is 0.214 e. The Balaban J connectivity index is 1.34. The summed E-state index contributed by atoms with van der Waals surface area (Å²) in [4.78, 5) is 14.0. The molecule has 1 saturated heterocycles. The van der Waals surface area contributed by atoms with Gasteiger partial charge in [-0.3, -0.25) is 9.11 Å². The smallest absolute Gasteiger partial charge is 0.214 e. The Morgan fingerprint density at radius 1 is 1.21 bits per heavy atom. The van der Waals surface area contributed by atoms with Crippen molar-refractivity contribution < 1.29 is 17.5 Å². The molecule has 0 bridgehead atoms. The first kappa shape index (κ1) is 20.9. The van der Waals surface area contributed by atoms with E-state index in [-0.39, 0.29) is 36.3 Å². The Morgan fingerprint density at radius 3 is 2.59 bits per heavy atom. The highest BCUT2D eigenvalue weighted by molar-refractivity contribution is 8.24. The first-order valence-corrected chi connectivity index (χ1v) is 13.5. The van der Waals surface area contributed by atoms with Crippen molar-refractivity contribution >= 4 is 37.5 Å². The maximum atomic E-state index is 12.8. The van der Waals surface area contributed by atoms with Gasteiger partial charge in [0.25, 0.3) is 0 Å². The first-order chi connectivity index (χ1) is 13.8. The van der Waals surface area contributed by atoms with E-state index in [9.17, 15) is 17.5 Å². The molecular weight excluding hydrogens is 414 g/mol. The molecule has 0 unspecified atom stereocenters. The first-order valence-electron chi connectivity index (χ1n) is 9.97. The van der Waals surface area contributed by atoms with E-state index in [1.807, 2.05) is 19.3 Å². The van der Waals surface area contributed by atoms with Crippen LogP contribution in [0.3, 0.4) is 0 Å². The van der Waals surface area contributed by atoms with E-state index < -0.39 is 20.6 Å². The molecule has 0 aromatic carbocycles. The predicted octanol–water partition coefficient (Wildman–Crippen LogP) is 2.35. The SMILES string of the molecule is CN(c1ncnc2[nH]ccc12)[C@H]1CC[C@H](CS(=O)(=O)N2CCS(O)(O)CC2)CC1. The zero-order chi connectivity index (χ0) is 20.6. The Bertz CT molecular complexity index is 946. The lowest BCUT2D eigenvalue weighted by molar-refractivity contribution is 0.333. The fraction of sp³-hybridized carbons (Fsp3) is 0.667. The molecule has 0 radical (unpaired) electrons. The Morgan fingerprint density at radius 2 is 1.90 bits per heavy atom. The normalized spacial score (nSPS) is 27.0. The van der Waals surface area contributed by atoms with E-state index in [1.54, 1.807) is 6.33 Å². The molecule has 1 aliphatic carbocycles. The number of aromatic amines is 1. The molecule has 11 heteroatoms. The Labute approximate surface area is 172 Å². The van der Waals surface area contributed by atoms with Gasteiger partial charge in [-0.1, -0.05) is 0 Å². The number of sulfonamides is 1. The summed E-state index contributed by atoms with van der Waals surface area (Å²) >= 11 is 0. The van der Waals surface area contributed by atoms with E-state index in [2.05, 4.69) is 19.9 Å². The lowest BCUT2D eigenvalue weighted by Gasteiger charge is -2.41. The van der Waals surface area contributed by atoms with Gasteiger partial charge in [0.15, 0.2) is 0 Å². The Hall–Kier alpha value is -1.40. The zero-order valence-electron chi connectivity index (χ0n) is 16.6. The molecule has 0 amide bonds. The van der Waals surface area contributed by atoms with Gasteiger partial charge < -0.3 is 9.88 Å². The number of nitrogens with zero attached hydrogens (tertiary/aromatic N) is 4. The van der Waals surface area contributed by atoms with Gasteiger partial charge in [0, 0.05) is 32.4 Å². The van der Waals surface area contributed by atoms with Crippen LogP contribution >= 0.6 is 10.6 Å². The van der Waals surface area contributed by atoms with Crippen molar-refractivity contribution in [3.05, 3.63) is 18.6 Å². The van der Waals surface area contributed by atoms with E-state index in [0.29, 0.717) is 6.04 Å². The number of H-pyrrole nitrogens is 1. The molecule has 3 heterocycles. The van der Waals surface area contributed by atoms with Gasteiger partial charge in [-0.2, -0.15) is 14.9 Å². The number of nitrogens with one attached hydrogen (secondary N) is 1. The van der Waals surface area contributed by atoms with Gasteiger partial charge in [0.2, 0.25) is 10.0 Å². The summed E-state index contributed by atoms with van der Waals surface area (Å²) in [7, 11) is -3.90. The van der Waals surface area contributed by atoms with E-state index >= 15 is 0 Å². The summed E-state index contributed by atoms with van der Waals surface area (Å²) < 4.78 is 46.4. The molecule has 2 fully saturated rings. The van der Waals surface area contributed by atoms with Crippen molar-refractivity contribution in [3.8, 4) is 0 Å². The van der Waals surface area contributed by atoms with Crippen LogP contribution in [-0.2, 0) is 10.0 Å². The van der Waals surface area contributed by atoms with Crippen LogP contribution in [0.25, 0.3) is 11.0 Å². The number of fused-ring (bicyclic) bond motifs is 1. The van der Waals surface area contributed by atoms with Crippen molar-refractivity contribution in [3.63, 3.8) is 0 Å². The van der Waals surface area contributed by atoms with Crippen LogP contribution in [0.2, 0.25) is 0 Å². The summed E-state index contributed by atoms with van der Waals surface area (Å²) in [6.07, 6.45) is 6.99.